The molecular weight excluding hydrogens is 275 g/mol. The van der Waals surface area contributed by atoms with Gasteiger partial charge in [-0.15, -0.1) is 0 Å². The fourth-order valence-electron chi connectivity index (χ4n) is 1.66. The first-order valence-electron chi connectivity index (χ1n) is 5.13. The Bertz CT molecular complexity index is 724. The van der Waals surface area contributed by atoms with Gasteiger partial charge in [0.1, 0.15) is 22.2 Å². The van der Waals surface area contributed by atoms with E-state index in [1.54, 1.807) is 0 Å². The van der Waals surface area contributed by atoms with Crippen molar-refractivity contribution in [2.45, 2.75) is 4.90 Å². The Morgan fingerprint density at radius 1 is 1.37 bits per heavy atom. The van der Waals surface area contributed by atoms with Crippen LogP contribution < -0.4 is 10.5 Å². The van der Waals surface area contributed by atoms with Gasteiger partial charge in [0.05, 0.1) is 12.7 Å². The number of benzene rings is 1. The number of nitrogen functional groups attached to an aromatic ring is 1. The molecule has 19 heavy (non-hydrogen) atoms. The average molecular weight is 286 g/mol. The SMILES string of the molecule is COc1c(-c2cc(N)on2)cc(F)cc1S(C)(=O)=O. The van der Waals surface area contributed by atoms with Crippen LogP contribution in [-0.4, -0.2) is 26.9 Å². The Morgan fingerprint density at radius 2 is 2.05 bits per heavy atom. The summed E-state index contributed by atoms with van der Waals surface area (Å²) in [5.74, 6) is -0.697. The van der Waals surface area contributed by atoms with E-state index in [2.05, 4.69) is 9.68 Å². The Morgan fingerprint density at radius 3 is 2.53 bits per heavy atom. The first-order valence-corrected chi connectivity index (χ1v) is 7.02. The first kappa shape index (κ1) is 13.3. The van der Waals surface area contributed by atoms with Gasteiger partial charge in [0, 0.05) is 12.3 Å². The molecule has 2 rings (SSSR count). The predicted molar refractivity (Wildman–Crippen MR) is 66.0 cm³/mol. The normalized spacial score (nSPS) is 11.5. The monoisotopic (exact) mass is 286 g/mol. The van der Waals surface area contributed by atoms with Crippen LogP contribution in [0, 0.1) is 5.82 Å². The van der Waals surface area contributed by atoms with E-state index in [1.807, 2.05) is 0 Å². The minimum absolute atomic E-state index is 0.00259. The van der Waals surface area contributed by atoms with Gasteiger partial charge in [-0.3, -0.25) is 0 Å². The van der Waals surface area contributed by atoms with Crippen LogP contribution in [0.2, 0.25) is 0 Å². The molecular formula is C11H11FN2O4S. The lowest BCUT2D eigenvalue weighted by Gasteiger charge is -2.11. The largest absolute Gasteiger partial charge is 0.495 e. The first-order chi connectivity index (χ1) is 8.82. The fourth-order valence-corrected chi connectivity index (χ4v) is 2.52. The lowest BCUT2D eigenvalue weighted by atomic mass is 10.1. The molecule has 2 N–H and O–H groups in total. The Labute approximate surface area is 108 Å². The maximum absolute atomic E-state index is 13.6. The van der Waals surface area contributed by atoms with E-state index in [1.165, 1.54) is 13.2 Å². The molecule has 0 unspecified atom stereocenters. The third kappa shape index (κ3) is 2.53. The molecule has 102 valence electrons. The molecule has 0 atom stereocenters. The summed E-state index contributed by atoms with van der Waals surface area (Å²) in [5, 5.41) is 3.62. The molecule has 0 amide bonds. The molecule has 6 nitrogen and oxygen atoms in total. The summed E-state index contributed by atoms with van der Waals surface area (Å²) < 4.78 is 46.6. The molecule has 2 aromatic rings. The second-order valence-electron chi connectivity index (χ2n) is 3.87. The summed E-state index contributed by atoms with van der Waals surface area (Å²) in [5.41, 5.74) is 5.74. The minimum atomic E-state index is -3.65. The van der Waals surface area contributed by atoms with Gasteiger partial charge in [-0.25, -0.2) is 12.8 Å². The van der Waals surface area contributed by atoms with Crippen molar-refractivity contribution < 1.29 is 22.1 Å². The highest BCUT2D eigenvalue weighted by Crippen LogP contribution is 2.36. The molecule has 0 saturated heterocycles. The highest BCUT2D eigenvalue weighted by Gasteiger charge is 2.22. The minimum Gasteiger partial charge on any atom is -0.495 e. The molecule has 8 heteroatoms. The molecule has 0 aliphatic heterocycles. The number of nitrogens with two attached hydrogens (primary N) is 1. The Hall–Kier alpha value is -2.09. The quantitative estimate of drug-likeness (QED) is 0.918. The zero-order valence-electron chi connectivity index (χ0n) is 10.2. The van der Waals surface area contributed by atoms with Crippen LogP contribution >= 0.6 is 0 Å². The number of sulfone groups is 1. The lowest BCUT2D eigenvalue weighted by Crippen LogP contribution is -2.03. The molecule has 1 aromatic carbocycles. The topological polar surface area (TPSA) is 95.4 Å². The van der Waals surface area contributed by atoms with Crippen LogP contribution in [0.5, 0.6) is 5.75 Å². The summed E-state index contributed by atoms with van der Waals surface area (Å²) >= 11 is 0. The molecule has 0 aliphatic rings. The van der Waals surface area contributed by atoms with Gasteiger partial charge in [0.15, 0.2) is 9.84 Å². The maximum Gasteiger partial charge on any atom is 0.222 e. The number of ether oxygens (including phenoxy) is 1. The van der Waals surface area contributed by atoms with Crippen molar-refractivity contribution in [1.82, 2.24) is 5.16 Å². The maximum atomic E-state index is 13.6. The van der Waals surface area contributed by atoms with Gasteiger partial charge >= 0.3 is 0 Å². The average Bonchev–Trinajstić information content (AvgIpc) is 2.73. The van der Waals surface area contributed by atoms with E-state index in [4.69, 9.17) is 10.5 Å². The Kier molecular flexibility index (Phi) is 3.19. The predicted octanol–water partition coefficient (Wildman–Crippen LogP) is 1.48. The van der Waals surface area contributed by atoms with Crippen molar-refractivity contribution in [3.8, 4) is 17.0 Å². The van der Waals surface area contributed by atoms with Crippen LogP contribution in [0.15, 0.2) is 27.6 Å². The van der Waals surface area contributed by atoms with E-state index >= 15 is 0 Å². The molecule has 0 aliphatic carbocycles. The lowest BCUT2D eigenvalue weighted by molar-refractivity contribution is 0.401. The van der Waals surface area contributed by atoms with Gasteiger partial charge in [-0.2, -0.15) is 0 Å². The number of nitrogens with zero attached hydrogens (tertiary/aromatic N) is 1. The van der Waals surface area contributed by atoms with E-state index in [9.17, 15) is 12.8 Å². The van der Waals surface area contributed by atoms with Crippen molar-refractivity contribution >= 4 is 15.7 Å². The van der Waals surface area contributed by atoms with E-state index in [-0.39, 0.29) is 27.8 Å². The highest BCUT2D eigenvalue weighted by molar-refractivity contribution is 7.90. The summed E-state index contributed by atoms with van der Waals surface area (Å²) in [6, 6.07) is 3.34. The van der Waals surface area contributed by atoms with Crippen molar-refractivity contribution in [3.05, 3.63) is 24.0 Å². The van der Waals surface area contributed by atoms with Gasteiger partial charge in [-0.1, -0.05) is 5.16 Å². The molecule has 0 saturated carbocycles. The van der Waals surface area contributed by atoms with Gasteiger partial charge < -0.3 is 15.0 Å². The zero-order valence-corrected chi connectivity index (χ0v) is 11.0. The molecule has 0 fully saturated rings. The van der Waals surface area contributed by atoms with E-state index < -0.39 is 15.7 Å². The van der Waals surface area contributed by atoms with Gasteiger partial charge in [0.25, 0.3) is 0 Å². The Balaban J connectivity index is 2.78. The second-order valence-corrected chi connectivity index (χ2v) is 5.86. The van der Waals surface area contributed by atoms with Crippen LogP contribution in [0.4, 0.5) is 10.3 Å². The number of halogens is 1. The number of anilines is 1. The van der Waals surface area contributed by atoms with Crippen LogP contribution in [-0.2, 0) is 9.84 Å². The van der Waals surface area contributed by atoms with Crippen LogP contribution in [0.25, 0.3) is 11.3 Å². The standard InChI is InChI=1S/C11H11FN2O4S/c1-17-11-7(8-5-10(13)18-14-8)3-6(12)4-9(11)19(2,15)16/h3-5H,13H2,1-2H3. The van der Waals surface area contributed by atoms with Crippen molar-refractivity contribution in [2.24, 2.45) is 0 Å². The highest BCUT2D eigenvalue weighted by atomic mass is 32.2. The summed E-state index contributed by atoms with van der Waals surface area (Å²) in [6.45, 7) is 0. The zero-order chi connectivity index (χ0) is 14.2. The third-order valence-electron chi connectivity index (χ3n) is 2.43. The molecule has 1 heterocycles. The smallest absolute Gasteiger partial charge is 0.222 e. The number of methoxy groups -OCH3 is 1. The summed E-state index contributed by atoms with van der Waals surface area (Å²) in [7, 11) is -2.36. The van der Waals surface area contributed by atoms with Crippen molar-refractivity contribution in [2.75, 3.05) is 19.1 Å². The number of hydrogen-bond donors (Lipinski definition) is 1. The number of hydrogen-bond acceptors (Lipinski definition) is 6. The second kappa shape index (κ2) is 4.54. The molecule has 0 bridgehead atoms. The fraction of sp³-hybridized carbons (Fsp3) is 0.182. The van der Waals surface area contributed by atoms with Crippen molar-refractivity contribution in [3.63, 3.8) is 0 Å². The summed E-state index contributed by atoms with van der Waals surface area (Å²) in [4.78, 5) is -0.258. The van der Waals surface area contributed by atoms with E-state index in [0.29, 0.717) is 0 Å². The van der Waals surface area contributed by atoms with Crippen LogP contribution in [0.1, 0.15) is 0 Å². The number of aromatic nitrogens is 1. The number of rotatable bonds is 3. The van der Waals surface area contributed by atoms with Gasteiger partial charge in [-0.05, 0) is 12.1 Å². The molecule has 0 spiro atoms. The summed E-state index contributed by atoms with van der Waals surface area (Å²) in [6.07, 6.45) is 0.964. The van der Waals surface area contributed by atoms with Gasteiger partial charge in [0.2, 0.25) is 5.88 Å². The third-order valence-corrected chi connectivity index (χ3v) is 3.53. The molecule has 0 radical (unpaired) electrons. The molecule has 1 aromatic heterocycles. The van der Waals surface area contributed by atoms with Crippen LogP contribution in [0.3, 0.4) is 0 Å². The van der Waals surface area contributed by atoms with Crippen molar-refractivity contribution in [1.29, 1.82) is 0 Å². The van der Waals surface area contributed by atoms with E-state index in [0.717, 1.165) is 18.4 Å².